The van der Waals surface area contributed by atoms with E-state index in [0.717, 1.165) is 0 Å². The second-order valence-corrected chi connectivity index (χ2v) is 3.70. The quantitative estimate of drug-likeness (QED) is 0.833. The van der Waals surface area contributed by atoms with Crippen molar-refractivity contribution < 1.29 is 23.9 Å². The van der Waals surface area contributed by atoms with Gasteiger partial charge < -0.3 is 14.3 Å². The van der Waals surface area contributed by atoms with Gasteiger partial charge in [-0.25, -0.2) is 15.1 Å². The summed E-state index contributed by atoms with van der Waals surface area (Å²) in [5.74, 6) is -0.695. The molecule has 0 aliphatic carbocycles. The lowest BCUT2D eigenvalue weighted by molar-refractivity contribution is 0.0525. The van der Waals surface area contributed by atoms with Crippen molar-refractivity contribution in [1.82, 2.24) is 5.48 Å². The van der Waals surface area contributed by atoms with Crippen LogP contribution < -0.4 is 10.3 Å². The third kappa shape index (κ3) is 2.52. The summed E-state index contributed by atoms with van der Waals surface area (Å²) in [6.45, 7) is 1.96. The number of carbonyl (C=O) groups excluding carboxylic acids is 2. The molecule has 6 heteroatoms. The Morgan fingerprint density at radius 3 is 2.79 bits per heavy atom. The van der Waals surface area contributed by atoms with E-state index in [0.29, 0.717) is 11.3 Å². The smallest absolute Gasteiger partial charge is 0.338 e. The Morgan fingerprint density at radius 2 is 2.11 bits per heavy atom. The van der Waals surface area contributed by atoms with Crippen molar-refractivity contribution in [2.45, 2.75) is 6.92 Å². The van der Waals surface area contributed by atoms with Crippen molar-refractivity contribution in [3.63, 3.8) is 0 Å². The van der Waals surface area contributed by atoms with Gasteiger partial charge in [0.05, 0.1) is 24.8 Å². The number of nitrogens with one attached hydrogen (secondary N) is 1. The van der Waals surface area contributed by atoms with E-state index in [1.165, 1.54) is 19.2 Å². The van der Waals surface area contributed by atoms with Gasteiger partial charge in [-0.1, -0.05) is 0 Å². The Kier molecular flexibility index (Phi) is 3.70. The van der Waals surface area contributed by atoms with E-state index < -0.39 is 11.9 Å². The van der Waals surface area contributed by atoms with Gasteiger partial charge in [0.15, 0.2) is 5.75 Å². The second kappa shape index (κ2) is 5.43. The molecular formula is C13H13NO5. The number of hydrogen-bond acceptors (Lipinski definition) is 6. The summed E-state index contributed by atoms with van der Waals surface area (Å²) in [5, 5.41) is 0. The van der Waals surface area contributed by atoms with Gasteiger partial charge in [0, 0.05) is 11.8 Å². The highest BCUT2D eigenvalue weighted by Gasteiger charge is 2.21. The highest BCUT2D eigenvalue weighted by atomic mass is 16.6. The fourth-order valence-corrected chi connectivity index (χ4v) is 1.71. The minimum absolute atomic E-state index is 0.224. The van der Waals surface area contributed by atoms with Crippen LogP contribution in [0.15, 0.2) is 18.3 Å². The Bertz CT molecular complexity index is 550. The first-order chi connectivity index (χ1) is 9.17. The first-order valence-corrected chi connectivity index (χ1v) is 5.69. The number of esters is 2. The third-order valence-corrected chi connectivity index (χ3v) is 2.55. The van der Waals surface area contributed by atoms with Gasteiger partial charge in [0.1, 0.15) is 0 Å². The number of methoxy groups -OCH3 is 1. The average Bonchev–Trinajstić information content (AvgIpc) is 2.45. The molecule has 6 nitrogen and oxygen atoms in total. The van der Waals surface area contributed by atoms with Crippen LogP contribution in [0.4, 0.5) is 0 Å². The first-order valence-electron chi connectivity index (χ1n) is 5.69. The molecule has 0 atom stereocenters. The Morgan fingerprint density at radius 1 is 1.32 bits per heavy atom. The van der Waals surface area contributed by atoms with Crippen molar-refractivity contribution >= 4 is 18.0 Å². The van der Waals surface area contributed by atoms with Crippen LogP contribution in [0, 0.1) is 0 Å². The topological polar surface area (TPSA) is 73.9 Å². The molecule has 0 aromatic heterocycles. The van der Waals surface area contributed by atoms with Crippen LogP contribution >= 0.6 is 0 Å². The van der Waals surface area contributed by atoms with E-state index in [9.17, 15) is 9.59 Å². The van der Waals surface area contributed by atoms with E-state index in [-0.39, 0.29) is 17.7 Å². The fourth-order valence-electron chi connectivity index (χ4n) is 1.71. The summed E-state index contributed by atoms with van der Waals surface area (Å²) >= 11 is 0. The van der Waals surface area contributed by atoms with E-state index in [4.69, 9.17) is 9.57 Å². The molecule has 1 aliphatic rings. The van der Waals surface area contributed by atoms with Gasteiger partial charge in [0.2, 0.25) is 0 Å². The summed E-state index contributed by atoms with van der Waals surface area (Å²) in [6, 6.07) is 2.93. The zero-order chi connectivity index (χ0) is 13.8. The van der Waals surface area contributed by atoms with Gasteiger partial charge in [-0.05, 0) is 25.1 Å². The van der Waals surface area contributed by atoms with E-state index in [1.54, 1.807) is 19.2 Å². The van der Waals surface area contributed by atoms with Crippen LogP contribution in [-0.4, -0.2) is 25.7 Å². The molecule has 0 radical (unpaired) electrons. The lowest BCUT2D eigenvalue weighted by Gasteiger charge is -2.16. The molecule has 1 aromatic rings. The number of hydrogen-bond donors (Lipinski definition) is 1. The third-order valence-electron chi connectivity index (χ3n) is 2.55. The van der Waals surface area contributed by atoms with E-state index in [1.807, 2.05) is 0 Å². The molecule has 100 valence electrons. The minimum atomic E-state index is -0.550. The predicted octanol–water partition coefficient (Wildman–Crippen LogP) is 1.52. The van der Waals surface area contributed by atoms with E-state index >= 15 is 0 Å². The molecule has 1 aliphatic heterocycles. The molecule has 1 heterocycles. The van der Waals surface area contributed by atoms with Crippen LogP contribution in [0.25, 0.3) is 6.08 Å². The summed E-state index contributed by atoms with van der Waals surface area (Å²) < 4.78 is 9.60. The summed E-state index contributed by atoms with van der Waals surface area (Å²) in [6.07, 6.45) is 3.22. The van der Waals surface area contributed by atoms with Crippen molar-refractivity contribution in [2.75, 3.05) is 13.7 Å². The van der Waals surface area contributed by atoms with Gasteiger partial charge >= 0.3 is 11.9 Å². The van der Waals surface area contributed by atoms with Crippen LogP contribution in [0.3, 0.4) is 0 Å². The Labute approximate surface area is 109 Å². The molecule has 1 N–H and O–H groups in total. The average molecular weight is 263 g/mol. The number of benzene rings is 1. The SMILES string of the molecule is CCOC(=O)c1cc(C(=O)OC)cc2c1C=CNO2. The zero-order valence-electron chi connectivity index (χ0n) is 10.6. The van der Waals surface area contributed by atoms with E-state index in [2.05, 4.69) is 10.2 Å². The first kappa shape index (κ1) is 12.9. The zero-order valence-corrected chi connectivity index (χ0v) is 10.6. The molecule has 0 bridgehead atoms. The highest BCUT2D eigenvalue weighted by molar-refractivity contribution is 5.99. The maximum Gasteiger partial charge on any atom is 0.338 e. The molecule has 0 saturated carbocycles. The van der Waals surface area contributed by atoms with Gasteiger partial charge in [0.25, 0.3) is 0 Å². The number of hydroxylamine groups is 1. The standard InChI is InChI=1S/C13H13NO5/c1-3-18-13(16)10-6-8(12(15)17-2)7-11-9(10)4-5-14-19-11/h4-7,14H,3H2,1-2H3. The predicted molar refractivity (Wildman–Crippen MR) is 66.5 cm³/mol. The maximum atomic E-state index is 11.9. The normalized spacial score (nSPS) is 11.9. The molecule has 0 saturated heterocycles. The van der Waals surface area contributed by atoms with Crippen molar-refractivity contribution in [3.05, 3.63) is 35.0 Å². The number of rotatable bonds is 3. The Balaban J connectivity index is 2.53. The number of ether oxygens (including phenoxy) is 2. The lowest BCUT2D eigenvalue weighted by Crippen LogP contribution is -2.18. The molecule has 0 fully saturated rings. The molecule has 19 heavy (non-hydrogen) atoms. The highest BCUT2D eigenvalue weighted by Crippen LogP contribution is 2.28. The van der Waals surface area contributed by atoms with Crippen LogP contribution in [0.1, 0.15) is 33.2 Å². The van der Waals surface area contributed by atoms with Gasteiger partial charge in [-0.15, -0.1) is 0 Å². The lowest BCUT2D eigenvalue weighted by atomic mass is 10.0. The monoisotopic (exact) mass is 263 g/mol. The summed E-state index contributed by atoms with van der Waals surface area (Å²) in [7, 11) is 1.27. The molecular weight excluding hydrogens is 250 g/mol. The largest absolute Gasteiger partial charge is 0.465 e. The van der Waals surface area contributed by atoms with Crippen LogP contribution in [0.5, 0.6) is 5.75 Å². The van der Waals surface area contributed by atoms with Gasteiger partial charge in [-0.3, -0.25) is 0 Å². The van der Waals surface area contributed by atoms with Crippen molar-refractivity contribution in [1.29, 1.82) is 0 Å². The summed E-state index contributed by atoms with van der Waals surface area (Å²) in [4.78, 5) is 28.6. The molecule has 0 spiro atoms. The molecule has 2 rings (SSSR count). The maximum absolute atomic E-state index is 11.9. The number of fused-ring (bicyclic) bond motifs is 1. The second-order valence-electron chi connectivity index (χ2n) is 3.70. The van der Waals surface area contributed by atoms with Crippen molar-refractivity contribution in [3.8, 4) is 5.75 Å². The summed E-state index contributed by atoms with van der Waals surface area (Å²) in [5.41, 5.74) is 3.58. The van der Waals surface area contributed by atoms with Crippen molar-refractivity contribution in [2.24, 2.45) is 0 Å². The van der Waals surface area contributed by atoms with Crippen LogP contribution in [0.2, 0.25) is 0 Å². The molecule has 1 aromatic carbocycles. The minimum Gasteiger partial charge on any atom is -0.465 e. The Hall–Kier alpha value is -2.50. The number of carbonyl (C=O) groups is 2. The molecule has 0 unspecified atom stereocenters. The fraction of sp³-hybridized carbons (Fsp3) is 0.231. The van der Waals surface area contributed by atoms with Gasteiger partial charge in [-0.2, -0.15) is 0 Å². The van der Waals surface area contributed by atoms with Crippen LogP contribution in [-0.2, 0) is 9.47 Å². The molecule has 0 amide bonds.